The van der Waals surface area contributed by atoms with Crippen molar-refractivity contribution in [1.82, 2.24) is 4.90 Å². The van der Waals surface area contributed by atoms with Crippen LogP contribution in [0, 0.1) is 0 Å². The summed E-state index contributed by atoms with van der Waals surface area (Å²) in [6, 6.07) is 0. The van der Waals surface area contributed by atoms with Crippen LogP contribution in [0.25, 0.3) is 0 Å². The second kappa shape index (κ2) is 6.25. The van der Waals surface area contributed by atoms with Gasteiger partial charge in [-0.05, 0) is 19.3 Å². The van der Waals surface area contributed by atoms with Crippen LogP contribution in [0.4, 0.5) is 0 Å². The van der Waals surface area contributed by atoms with Crippen LogP contribution in [0.1, 0.15) is 58.3 Å². The molecule has 1 aliphatic carbocycles. The summed E-state index contributed by atoms with van der Waals surface area (Å²) in [7, 11) is -3.01. The van der Waals surface area contributed by atoms with Crippen molar-refractivity contribution in [1.29, 1.82) is 0 Å². The minimum Gasteiger partial charge on any atom is -0.340 e. The van der Waals surface area contributed by atoms with E-state index in [1.165, 1.54) is 0 Å². The first kappa shape index (κ1) is 14.8. The highest BCUT2D eigenvalue weighted by atomic mass is 32.2. The van der Waals surface area contributed by atoms with E-state index in [2.05, 4.69) is 6.92 Å². The Morgan fingerprint density at radius 3 is 2.32 bits per heavy atom. The first-order valence-electron chi connectivity index (χ1n) is 7.56. The SMILES string of the molecule is CCCCC(=O)N1CC(S(=O)(=O)C2CCCCC2)C1. The van der Waals surface area contributed by atoms with Gasteiger partial charge >= 0.3 is 0 Å². The van der Waals surface area contributed by atoms with Crippen molar-refractivity contribution in [3.63, 3.8) is 0 Å². The van der Waals surface area contributed by atoms with Crippen molar-refractivity contribution in [3.05, 3.63) is 0 Å². The Kier molecular flexibility index (Phi) is 4.87. The zero-order chi connectivity index (χ0) is 13.9. The Morgan fingerprint density at radius 1 is 1.11 bits per heavy atom. The smallest absolute Gasteiger partial charge is 0.222 e. The van der Waals surface area contributed by atoms with Crippen LogP contribution >= 0.6 is 0 Å². The highest BCUT2D eigenvalue weighted by Crippen LogP contribution is 2.30. The lowest BCUT2D eigenvalue weighted by Gasteiger charge is -2.41. The van der Waals surface area contributed by atoms with Crippen molar-refractivity contribution >= 4 is 15.7 Å². The average molecular weight is 287 g/mol. The van der Waals surface area contributed by atoms with Crippen molar-refractivity contribution in [2.45, 2.75) is 68.8 Å². The molecule has 1 saturated carbocycles. The summed E-state index contributed by atoms with van der Waals surface area (Å²) in [5, 5.41) is -0.430. The van der Waals surface area contributed by atoms with Crippen molar-refractivity contribution in [2.24, 2.45) is 0 Å². The molecular formula is C14H25NO3S. The topological polar surface area (TPSA) is 54.5 Å². The van der Waals surface area contributed by atoms with Crippen LogP contribution in [0.3, 0.4) is 0 Å². The minimum atomic E-state index is -3.01. The van der Waals surface area contributed by atoms with Gasteiger partial charge in [0.1, 0.15) is 0 Å². The third-order valence-electron chi connectivity index (χ3n) is 4.43. The molecule has 0 atom stereocenters. The van der Waals surface area contributed by atoms with E-state index in [0.29, 0.717) is 19.5 Å². The van der Waals surface area contributed by atoms with Gasteiger partial charge in [0.15, 0.2) is 9.84 Å². The monoisotopic (exact) mass is 287 g/mol. The van der Waals surface area contributed by atoms with Crippen molar-refractivity contribution < 1.29 is 13.2 Å². The summed E-state index contributed by atoms with van der Waals surface area (Å²) in [6.07, 6.45) is 7.35. The lowest BCUT2D eigenvalue weighted by atomic mass is 10.0. The molecule has 0 aromatic carbocycles. The number of hydrogen-bond acceptors (Lipinski definition) is 3. The zero-order valence-corrected chi connectivity index (χ0v) is 12.6. The number of carbonyl (C=O) groups excluding carboxylic acids is 1. The molecule has 0 bridgehead atoms. The van der Waals surface area contributed by atoms with Crippen molar-refractivity contribution in [2.75, 3.05) is 13.1 Å². The van der Waals surface area contributed by atoms with Gasteiger partial charge in [-0.3, -0.25) is 4.79 Å². The summed E-state index contributed by atoms with van der Waals surface area (Å²) in [5.41, 5.74) is 0. The molecule has 0 unspecified atom stereocenters. The molecule has 2 aliphatic rings. The first-order chi connectivity index (χ1) is 9.05. The van der Waals surface area contributed by atoms with Gasteiger partial charge in [-0.15, -0.1) is 0 Å². The van der Waals surface area contributed by atoms with Crippen LogP contribution < -0.4 is 0 Å². The number of hydrogen-bond donors (Lipinski definition) is 0. The number of nitrogens with zero attached hydrogens (tertiary/aromatic N) is 1. The summed E-state index contributed by atoms with van der Waals surface area (Å²) in [4.78, 5) is 13.5. The highest BCUT2D eigenvalue weighted by molar-refractivity contribution is 7.92. The number of carbonyl (C=O) groups is 1. The quantitative estimate of drug-likeness (QED) is 0.778. The van der Waals surface area contributed by atoms with E-state index in [4.69, 9.17) is 0 Å². The molecule has 0 N–H and O–H groups in total. The van der Waals surface area contributed by atoms with Crippen LogP contribution in [-0.4, -0.2) is 42.8 Å². The highest BCUT2D eigenvalue weighted by Gasteiger charge is 2.43. The zero-order valence-electron chi connectivity index (χ0n) is 11.8. The predicted octanol–water partition coefficient (Wildman–Crippen LogP) is 2.13. The molecule has 2 fully saturated rings. The fourth-order valence-corrected chi connectivity index (χ4v) is 5.31. The van der Waals surface area contributed by atoms with Crippen LogP contribution in [0.15, 0.2) is 0 Å². The maximum Gasteiger partial charge on any atom is 0.222 e. The van der Waals surface area contributed by atoms with E-state index in [1.54, 1.807) is 4.90 Å². The molecule has 1 amide bonds. The summed E-state index contributed by atoms with van der Waals surface area (Å²) < 4.78 is 24.8. The number of sulfone groups is 1. The normalized spacial score (nSPS) is 22.3. The molecule has 0 radical (unpaired) electrons. The van der Waals surface area contributed by atoms with Gasteiger partial charge in [-0.1, -0.05) is 32.6 Å². The molecule has 110 valence electrons. The summed E-state index contributed by atoms with van der Waals surface area (Å²) in [6.45, 7) is 2.92. The summed E-state index contributed by atoms with van der Waals surface area (Å²) in [5.74, 6) is 0.122. The molecule has 5 heteroatoms. The van der Waals surface area contributed by atoms with Gasteiger partial charge in [-0.2, -0.15) is 0 Å². The maximum absolute atomic E-state index is 12.4. The molecule has 0 aromatic rings. The Balaban J connectivity index is 1.83. The largest absolute Gasteiger partial charge is 0.340 e. The predicted molar refractivity (Wildman–Crippen MR) is 75.7 cm³/mol. The molecule has 1 heterocycles. The number of rotatable bonds is 5. The van der Waals surface area contributed by atoms with Crippen LogP contribution in [0.2, 0.25) is 0 Å². The molecule has 0 aromatic heterocycles. The first-order valence-corrected chi connectivity index (χ1v) is 9.17. The molecule has 1 aliphatic heterocycles. The lowest BCUT2D eigenvalue weighted by molar-refractivity contribution is -0.134. The fourth-order valence-electron chi connectivity index (χ4n) is 3.00. The Bertz CT molecular complexity index is 406. The van der Waals surface area contributed by atoms with E-state index in [1.807, 2.05) is 0 Å². The van der Waals surface area contributed by atoms with Crippen LogP contribution in [0.5, 0.6) is 0 Å². The maximum atomic E-state index is 12.4. The third-order valence-corrected chi connectivity index (χ3v) is 7.05. The van der Waals surface area contributed by atoms with E-state index < -0.39 is 9.84 Å². The molecule has 2 rings (SSSR count). The Morgan fingerprint density at radius 2 is 1.74 bits per heavy atom. The second-order valence-corrected chi connectivity index (χ2v) is 8.38. The standard InChI is InChI=1S/C14H25NO3S/c1-2-3-9-14(16)15-10-13(11-15)19(17,18)12-7-5-4-6-8-12/h12-13H,2-11H2,1H3. The fraction of sp³-hybridized carbons (Fsp3) is 0.929. The van der Waals surface area contributed by atoms with Gasteiger partial charge in [0.05, 0.1) is 10.5 Å². The number of unbranched alkanes of at least 4 members (excludes halogenated alkanes) is 1. The Labute approximate surface area is 116 Å². The average Bonchev–Trinajstić information content (AvgIpc) is 2.35. The summed E-state index contributed by atoms with van der Waals surface area (Å²) >= 11 is 0. The van der Waals surface area contributed by atoms with E-state index in [-0.39, 0.29) is 16.4 Å². The van der Waals surface area contributed by atoms with Gasteiger partial charge in [-0.25, -0.2) is 8.42 Å². The van der Waals surface area contributed by atoms with E-state index in [9.17, 15) is 13.2 Å². The van der Waals surface area contributed by atoms with Gasteiger partial charge in [0.25, 0.3) is 0 Å². The molecular weight excluding hydrogens is 262 g/mol. The Hall–Kier alpha value is -0.580. The number of likely N-dealkylation sites (tertiary alicyclic amines) is 1. The molecule has 1 saturated heterocycles. The van der Waals surface area contributed by atoms with Gasteiger partial charge < -0.3 is 4.90 Å². The molecule has 4 nitrogen and oxygen atoms in total. The lowest BCUT2D eigenvalue weighted by Crippen LogP contribution is -2.58. The van der Waals surface area contributed by atoms with Gasteiger partial charge in [0, 0.05) is 19.5 Å². The molecule has 19 heavy (non-hydrogen) atoms. The molecule has 0 spiro atoms. The minimum absolute atomic E-state index is 0.122. The van der Waals surface area contributed by atoms with E-state index >= 15 is 0 Å². The van der Waals surface area contributed by atoms with Crippen molar-refractivity contribution in [3.8, 4) is 0 Å². The number of amides is 1. The van der Waals surface area contributed by atoms with Crippen LogP contribution in [-0.2, 0) is 14.6 Å². The second-order valence-electron chi connectivity index (χ2n) is 5.87. The third kappa shape index (κ3) is 3.30. The van der Waals surface area contributed by atoms with E-state index in [0.717, 1.165) is 44.9 Å². The van der Waals surface area contributed by atoms with Gasteiger partial charge in [0.2, 0.25) is 5.91 Å².